The first kappa shape index (κ1) is 18.9. The van der Waals surface area contributed by atoms with Crippen molar-refractivity contribution >= 4 is 27.8 Å². The number of rotatable bonds is 6. The lowest BCUT2D eigenvalue weighted by molar-refractivity contribution is 0.187. The van der Waals surface area contributed by atoms with Crippen molar-refractivity contribution in [3.05, 3.63) is 0 Å². The molecule has 1 saturated heterocycles. The zero-order chi connectivity index (χ0) is 16.6. The Morgan fingerprint density at radius 2 is 1.68 bits per heavy atom. The van der Waals surface area contributed by atoms with Crippen molar-refractivity contribution in [2.45, 2.75) is 37.0 Å². The second-order valence-electron chi connectivity index (χ2n) is 6.54. The minimum atomic E-state index is -4.90. The molecule has 0 radical (unpaired) electrons. The molecule has 2 aliphatic rings. The molecular weight excluding hydrogens is 348 g/mol. The molecule has 0 spiro atoms. The second-order valence-corrected chi connectivity index (χ2v) is 11.2. The van der Waals surface area contributed by atoms with E-state index in [0.717, 1.165) is 31.6 Å². The molecule has 10 heteroatoms. The molecule has 1 aliphatic carbocycles. The van der Waals surface area contributed by atoms with Gasteiger partial charge >= 0.3 is 15.2 Å². The predicted octanol–water partition coefficient (Wildman–Crippen LogP) is 1.38. The van der Waals surface area contributed by atoms with Gasteiger partial charge in [0.25, 0.3) is 0 Å². The molecule has 3 atom stereocenters. The van der Waals surface area contributed by atoms with Crippen LogP contribution in [0.2, 0.25) is 0 Å². The maximum atomic E-state index is 11.9. The summed E-state index contributed by atoms with van der Waals surface area (Å²) in [6, 6.07) is 0. The maximum absolute atomic E-state index is 11.9. The molecule has 0 aromatic rings. The van der Waals surface area contributed by atoms with E-state index in [1.807, 2.05) is 0 Å². The van der Waals surface area contributed by atoms with Gasteiger partial charge in [-0.15, -0.1) is 0 Å². The maximum Gasteiger partial charge on any atom is 0.343 e. The van der Waals surface area contributed by atoms with Crippen molar-refractivity contribution in [2.24, 2.45) is 17.8 Å². The Morgan fingerprint density at radius 1 is 1.05 bits per heavy atom. The number of thiol groups is 1. The van der Waals surface area contributed by atoms with Gasteiger partial charge < -0.3 is 24.9 Å². The van der Waals surface area contributed by atoms with Crippen molar-refractivity contribution in [1.82, 2.24) is 5.32 Å². The lowest BCUT2D eigenvalue weighted by Crippen LogP contribution is -2.41. The summed E-state index contributed by atoms with van der Waals surface area (Å²) in [6.45, 7) is 1.31. The number of hydrogen-bond acceptors (Lipinski definition) is 4. The van der Waals surface area contributed by atoms with Gasteiger partial charge in [0.05, 0.1) is 0 Å². The Labute approximate surface area is 136 Å². The van der Waals surface area contributed by atoms with Gasteiger partial charge in [-0.05, 0) is 62.3 Å². The molecule has 0 bridgehead atoms. The summed E-state index contributed by atoms with van der Waals surface area (Å²) in [5, 5.41) is 3.25. The van der Waals surface area contributed by atoms with Crippen LogP contribution < -0.4 is 5.32 Å². The van der Waals surface area contributed by atoms with Gasteiger partial charge in [-0.1, -0.05) is 6.42 Å². The molecule has 22 heavy (non-hydrogen) atoms. The highest BCUT2D eigenvalue weighted by atomic mass is 32.1. The van der Waals surface area contributed by atoms with Crippen molar-refractivity contribution in [3.63, 3.8) is 0 Å². The highest BCUT2D eigenvalue weighted by molar-refractivity contribution is 7.80. The van der Waals surface area contributed by atoms with E-state index in [2.05, 4.69) is 17.9 Å². The van der Waals surface area contributed by atoms with E-state index in [1.54, 1.807) is 0 Å². The highest BCUT2D eigenvalue weighted by Gasteiger charge is 2.66. The van der Waals surface area contributed by atoms with Gasteiger partial charge in [-0.2, -0.15) is 12.6 Å². The van der Waals surface area contributed by atoms with Crippen LogP contribution in [0, 0.1) is 17.8 Å². The summed E-state index contributed by atoms with van der Waals surface area (Å²) in [5.74, 6) is 0.874. The summed E-state index contributed by atoms with van der Waals surface area (Å²) in [4.78, 5) is 36.4. The van der Waals surface area contributed by atoms with Crippen molar-refractivity contribution in [1.29, 1.82) is 0 Å². The van der Waals surface area contributed by atoms with Crippen LogP contribution in [-0.4, -0.2) is 43.3 Å². The van der Waals surface area contributed by atoms with Crippen LogP contribution in [0.5, 0.6) is 0 Å². The number of fused-ring (bicyclic) bond motifs is 1. The molecule has 1 heterocycles. The van der Waals surface area contributed by atoms with E-state index >= 15 is 0 Å². The standard InChI is InChI=1S/C12H25NO6P2S/c14-20(15,16)12(21(17,18)19)5-10-8-13-7-9(11(10)6-12)3-1-2-4-22/h9-11,13,22H,1-8H2,(H2,14,15,16)(H2,17,18,19). The molecule has 2 fully saturated rings. The molecule has 130 valence electrons. The normalized spacial score (nSPS) is 32.0. The minimum Gasteiger partial charge on any atom is -0.324 e. The Bertz CT molecular complexity index is 470. The molecule has 7 nitrogen and oxygen atoms in total. The molecule has 2 rings (SSSR count). The van der Waals surface area contributed by atoms with E-state index < -0.39 is 20.1 Å². The smallest absolute Gasteiger partial charge is 0.324 e. The summed E-state index contributed by atoms with van der Waals surface area (Å²) in [5.41, 5.74) is 0. The summed E-state index contributed by atoms with van der Waals surface area (Å²) < 4.78 is 23.8. The first-order valence-corrected chi connectivity index (χ1v) is 11.4. The van der Waals surface area contributed by atoms with Crippen molar-refractivity contribution in [2.75, 3.05) is 18.8 Å². The Hall–Kier alpha value is 0.610. The Balaban J connectivity index is 2.23. The van der Waals surface area contributed by atoms with Gasteiger partial charge in [0.1, 0.15) is 0 Å². The molecule has 3 unspecified atom stereocenters. The third-order valence-corrected chi connectivity index (χ3v) is 10.0. The number of unbranched alkanes of at least 4 members (excludes halogenated alkanes) is 1. The van der Waals surface area contributed by atoms with Gasteiger partial charge in [0, 0.05) is 0 Å². The van der Waals surface area contributed by atoms with Crippen LogP contribution in [0.15, 0.2) is 0 Å². The van der Waals surface area contributed by atoms with Crippen molar-refractivity contribution in [3.8, 4) is 0 Å². The predicted molar refractivity (Wildman–Crippen MR) is 87.1 cm³/mol. The third kappa shape index (κ3) is 3.50. The first-order chi connectivity index (χ1) is 10.1. The largest absolute Gasteiger partial charge is 0.343 e. The van der Waals surface area contributed by atoms with Gasteiger partial charge in [-0.25, -0.2) is 0 Å². The van der Waals surface area contributed by atoms with Gasteiger partial charge in [0.2, 0.25) is 0 Å². The lowest BCUT2D eigenvalue weighted by atomic mass is 9.78. The van der Waals surface area contributed by atoms with Gasteiger partial charge in [0.15, 0.2) is 4.90 Å². The van der Waals surface area contributed by atoms with Crippen molar-refractivity contribution < 1.29 is 28.7 Å². The molecule has 0 amide bonds. The van der Waals surface area contributed by atoms with Crippen LogP contribution in [-0.2, 0) is 9.13 Å². The Kier molecular flexibility index (Phi) is 5.90. The number of nitrogens with one attached hydrogen (secondary N) is 1. The van der Waals surface area contributed by atoms with E-state index in [4.69, 9.17) is 0 Å². The van der Waals surface area contributed by atoms with Crippen LogP contribution >= 0.6 is 27.8 Å². The molecule has 1 saturated carbocycles. The average Bonchev–Trinajstić information content (AvgIpc) is 2.80. The molecule has 5 N–H and O–H groups in total. The quantitative estimate of drug-likeness (QED) is 0.236. The van der Waals surface area contributed by atoms with E-state index in [1.165, 1.54) is 0 Å². The summed E-state index contributed by atoms with van der Waals surface area (Å²) in [6.07, 6.45) is 2.64. The third-order valence-electron chi connectivity index (χ3n) is 5.24. The fourth-order valence-electron chi connectivity index (χ4n) is 4.06. The zero-order valence-electron chi connectivity index (χ0n) is 12.3. The van der Waals surface area contributed by atoms with E-state index in [-0.39, 0.29) is 30.6 Å². The molecule has 1 aliphatic heterocycles. The fraction of sp³-hybridized carbons (Fsp3) is 1.00. The fourth-order valence-corrected chi connectivity index (χ4v) is 7.48. The van der Waals surface area contributed by atoms with Crippen LogP contribution in [0.1, 0.15) is 32.1 Å². The number of piperidine rings is 1. The number of hydrogen-bond donors (Lipinski definition) is 6. The van der Waals surface area contributed by atoms with Crippen LogP contribution in [0.3, 0.4) is 0 Å². The van der Waals surface area contributed by atoms with E-state index in [9.17, 15) is 28.7 Å². The molecular formula is C12H25NO6P2S. The molecule has 0 aromatic carbocycles. The summed E-state index contributed by atoms with van der Waals surface area (Å²) >= 11 is 4.18. The topological polar surface area (TPSA) is 127 Å². The van der Waals surface area contributed by atoms with Crippen LogP contribution in [0.4, 0.5) is 0 Å². The van der Waals surface area contributed by atoms with E-state index in [0.29, 0.717) is 6.54 Å². The van der Waals surface area contributed by atoms with Gasteiger partial charge in [-0.3, -0.25) is 9.13 Å². The summed E-state index contributed by atoms with van der Waals surface area (Å²) in [7, 11) is -9.80. The first-order valence-electron chi connectivity index (χ1n) is 7.55. The zero-order valence-corrected chi connectivity index (χ0v) is 15.0. The molecule has 0 aromatic heterocycles. The highest BCUT2D eigenvalue weighted by Crippen LogP contribution is 2.77. The van der Waals surface area contributed by atoms with Crippen LogP contribution in [0.25, 0.3) is 0 Å². The second kappa shape index (κ2) is 6.85. The minimum absolute atomic E-state index is 0.0404. The SMILES string of the molecule is O=P(O)(O)C1(P(=O)(O)O)CC2CNCC(CCCCS)C2C1. The Morgan fingerprint density at radius 3 is 2.23 bits per heavy atom. The average molecular weight is 373 g/mol. The lowest BCUT2D eigenvalue weighted by Gasteiger charge is -2.34. The monoisotopic (exact) mass is 373 g/mol.